The lowest BCUT2D eigenvalue weighted by molar-refractivity contribution is -0.144. The maximum Gasteiger partial charge on any atom is 0.408 e. The van der Waals surface area contributed by atoms with Crippen LogP contribution in [-0.4, -0.2) is 51.5 Å². The fourth-order valence-corrected chi connectivity index (χ4v) is 4.44. The summed E-state index contributed by atoms with van der Waals surface area (Å²) in [5, 5.41) is 17.5. The quantitative estimate of drug-likeness (QED) is 0.283. The van der Waals surface area contributed by atoms with Gasteiger partial charge in [0.05, 0.1) is 6.42 Å². The fraction of sp³-hybridized carbons (Fsp3) is 0.355. The SMILES string of the molecule is CCC(C)N(C(=O)C(CC(N)=O)NC(=O)OC(C)(C)C)C(C(=O)Nc1ccc2ccccc2c1)c1cccc(O)c1. The molecular weight excluding hydrogens is 524 g/mol. The van der Waals surface area contributed by atoms with Gasteiger partial charge in [-0.05, 0) is 74.7 Å². The van der Waals surface area contributed by atoms with Crippen LogP contribution in [0.2, 0.25) is 0 Å². The molecule has 0 radical (unpaired) electrons. The van der Waals surface area contributed by atoms with Crippen molar-refractivity contribution in [3.05, 3.63) is 72.3 Å². The summed E-state index contributed by atoms with van der Waals surface area (Å²) in [6.45, 7) is 8.59. The van der Waals surface area contributed by atoms with Crippen LogP contribution in [0.4, 0.5) is 10.5 Å². The van der Waals surface area contributed by atoms with Crippen molar-refractivity contribution >= 4 is 40.3 Å². The molecule has 218 valence electrons. The van der Waals surface area contributed by atoms with Crippen molar-refractivity contribution in [2.75, 3.05) is 5.32 Å². The molecule has 4 amide bonds. The molecule has 10 nitrogen and oxygen atoms in total. The Hall–Kier alpha value is -4.60. The van der Waals surface area contributed by atoms with E-state index in [-0.39, 0.29) is 5.75 Å². The summed E-state index contributed by atoms with van der Waals surface area (Å²) in [5.74, 6) is -2.17. The summed E-state index contributed by atoms with van der Waals surface area (Å²) in [5.41, 5.74) is 5.44. The summed E-state index contributed by atoms with van der Waals surface area (Å²) < 4.78 is 5.30. The van der Waals surface area contributed by atoms with E-state index in [1.54, 1.807) is 45.9 Å². The average molecular weight is 563 g/mol. The molecule has 5 N–H and O–H groups in total. The lowest BCUT2D eigenvalue weighted by Crippen LogP contribution is -2.55. The van der Waals surface area contributed by atoms with E-state index in [1.165, 1.54) is 17.0 Å². The molecule has 0 aliphatic carbocycles. The Labute approximate surface area is 239 Å². The minimum Gasteiger partial charge on any atom is -0.508 e. The van der Waals surface area contributed by atoms with Gasteiger partial charge >= 0.3 is 6.09 Å². The number of nitrogens with zero attached hydrogens (tertiary/aromatic N) is 1. The predicted octanol–water partition coefficient (Wildman–Crippen LogP) is 4.62. The number of amides is 4. The number of carbonyl (C=O) groups excluding carboxylic acids is 4. The van der Waals surface area contributed by atoms with Gasteiger partial charge in [0, 0.05) is 11.7 Å². The Morgan fingerprint density at radius 3 is 2.27 bits per heavy atom. The predicted molar refractivity (Wildman–Crippen MR) is 157 cm³/mol. The number of ether oxygens (including phenoxy) is 1. The number of nitrogens with two attached hydrogens (primary N) is 1. The molecule has 0 saturated carbocycles. The number of phenols is 1. The summed E-state index contributed by atoms with van der Waals surface area (Å²) >= 11 is 0. The summed E-state index contributed by atoms with van der Waals surface area (Å²) in [7, 11) is 0. The smallest absolute Gasteiger partial charge is 0.408 e. The number of nitrogens with one attached hydrogen (secondary N) is 2. The van der Waals surface area contributed by atoms with Gasteiger partial charge in [0.15, 0.2) is 0 Å². The Bertz CT molecular complexity index is 1420. The van der Waals surface area contributed by atoms with E-state index in [1.807, 2.05) is 43.3 Å². The van der Waals surface area contributed by atoms with Crippen LogP contribution >= 0.6 is 0 Å². The highest BCUT2D eigenvalue weighted by Gasteiger charge is 2.39. The number of benzene rings is 3. The molecule has 0 aliphatic heterocycles. The molecule has 3 rings (SSSR count). The van der Waals surface area contributed by atoms with Crippen molar-refractivity contribution in [2.24, 2.45) is 5.73 Å². The molecule has 10 heteroatoms. The number of alkyl carbamates (subject to hydrolysis) is 1. The number of aromatic hydroxyl groups is 1. The van der Waals surface area contributed by atoms with Gasteiger partial charge in [-0.3, -0.25) is 14.4 Å². The molecule has 3 aromatic rings. The molecule has 0 spiro atoms. The number of rotatable bonds is 10. The molecule has 3 atom stereocenters. The number of anilines is 1. The van der Waals surface area contributed by atoms with Crippen molar-refractivity contribution in [2.45, 2.75) is 71.2 Å². The van der Waals surface area contributed by atoms with Gasteiger partial charge in [-0.15, -0.1) is 0 Å². The highest BCUT2D eigenvalue weighted by Crippen LogP contribution is 2.30. The van der Waals surface area contributed by atoms with E-state index in [0.717, 1.165) is 10.8 Å². The number of carbonyl (C=O) groups is 4. The minimum absolute atomic E-state index is 0.0943. The first-order valence-corrected chi connectivity index (χ1v) is 13.5. The average Bonchev–Trinajstić information content (AvgIpc) is 2.89. The number of phenolic OH excluding ortho intramolecular Hbond substituents is 1. The number of hydrogen-bond donors (Lipinski definition) is 4. The Morgan fingerprint density at radius 2 is 1.66 bits per heavy atom. The zero-order valence-electron chi connectivity index (χ0n) is 24.0. The zero-order chi connectivity index (χ0) is 30.3. The molecule has 3 unspecified atom stereocenters. The first kappa shape index (κ1) is 30.9. The third kappa shape index (κ3) is 8.44. The second kappa shape index (κ2) is 13.2. The first-order valence-electron chi connectivity index (χ1n) is 13.5. The Balaban J connectivity index is 2.06. The van der Waals surface area contributed by atoms with Gasteiger partial charge in [0.1, 0.15) is 23.4 Å². The van der Waals surface area contributed by atoms with Crippen LogP contribution in [-0.2, 0) is 19.1 Å². The normalized spacial score (nSPS) is 13.5. The second-order valence-electron chi connectivity index (χ2n) is 10.9. The molecular formula is C31H38N4O6. The van der Waals surface area contributed by atoms with E-state index in [9.17, 15) is 24.3 Å². The second-order valence-corrected chi connectivity index (χ2v) is 10.9. The van der Waals surface area contributed by atoms with Crippen molar-refractivity contribution in [1.82, 2.24) is 10.2 Å². The molecule has 3 aromatic carbocycles. The maximum atomic E-state index is 14.1. The molecule has 0 bridgehead atoms. The summed E-state index contributed by atoms with van der Waals surface area (Å²) in [4.78, 5) is 54.0. The van der Waals surface area contributed by atoms with E-state index in [0.29, 0.717) is 17.7 Å². The monoisotopic (exact) mass is 562 g/mol. The Kier molecular flexibility index (Phi) is 9.94. The van der Waals surface area contributed by atoms with Gasteiger partial charge in [-0.2, -0.15) is 0 Å². The topological polar surface area (TPSA) is 151 Å². The number of fused-ring (bicyclic) bond motifs is 1. The van der Waals surface area contributed by atoms with Gasteiger partial charge in [0.25, 0.3) is 5.91 Å². The molecule has 0 aromatic heterocycles. The van der Waals surface area contributed by atoms with Crippen molar-refractivity contribution in [3.63, 3.8) is 0 Å². The molecule has 0 saturated heterocycles. The Morgan fingerprint density at radius 1 is 0.976 bits per heavy atom. The molecule has 0 fully saturated rings. The zero-order valence-corrected chi connectivity index (χ0v) is 24.0. The van der Waals surface area contributed by atoms with E-state index in [4.69, 9.17) is 10.5 Å². The van der Waals surface area contributed by atoms with Crippen LogP contribution in [0.15, 0.2) is 66.7 Å². The highest BCUT2D eigenvalue weighted by atomic mass is 16.6. The van der Waals surface area contributed by atoms with Crippen molar-refractivity contribution in [1.29, 1.82) is 0 Å². The van der Waals surface area contributed by atoms with Crippen LogP contribution in [0.5, 0.6) is 5.75 Å². The third-order valence-electron chi connectivity index (χ3n) is 6.44. The van der Waals surface area contributed by atoms with E-state index in [2.05, 4.69) is 10.6 Å². The van der Waals surface area contributed by atoms with Crippen molar-refractivity contribution < 1.29 is 29.0 Å². The van der Waals surface area contributed by atoms with Gasteiger partial charge in [0.2, 0.25) is 11.8 Å². The van der Waals surface area contributed by atoms with E-state index >= 15 is 0 Å². The van der Waals surface area contributed by atoms with Crippen LogP contribution in [0.1, 0.15) is 59.1 Å². The van der Waals surface area contributed by atoms with Crippen LogP contribution in [0, 0.1) is 0 Å². The summed E-state index contributed by atoms with van der Waals surface area (Å²) in [6.07, 6.45) is -0.972. The summed E-state index contributed by atoms with van der Waals surface area (Å²) in [6, 6.07) is 16.0. The van der Waals surface area contributed by atoms with Crippen LogP contribution < -0.4 is 16.4 Å². The largest absolute Gasteiger partial charge is 0.508 e. The number of hydrogen-bond acceptors (Lipinski definition) is 6. The lowest BCUT2D eigenvalue weighted by atomic mass is 9.98. The third-order valence-corrected chi connectivity index (χ3v) is 6.44. The standard InChI is InChI=1S/C31H38N4O6/c1-6-19(2)35(29(39)25(18-26(32)37)34-30(40)41-31(3,4)5)27(22-12-9-13-24(36)17-22)28(38)33-23-15-14-20-10-7-8-11-21(20)16-23/h7-17,19,25,27,36H,6,18H2,1-5H3,(H2,32,37)(H,33,38)(H,34,40). The maximum absolute atomic E-state index is 14.1. The first-order chi connectivity index (χ1) is 19.3. The minimum atomic E-state index is -1.40. The van der Waals surface area contributed by atoms with Gasteiger partial charge in [-0.1, -0.05) is 49.4 Å². The fourth-order valence-electron chi connectivity index (χ4n) is 4.44. The molecule has 41 heavy (non-hydrogen) atoms. The van der Waals surface area contributed by atoms with E-state index < -0.39 is 54.0 Å². The van der Waals surface area contributed by atoms with Gasteiger partial charge < -0.3 is 31.1 Å². The van der Waals surface area contributed by atoms with Crippen LogP contribution in [0.25, 0.3) is 10.8 Å². The number of primary amides is 1. The van der Waals surface area contributed by atoms with Gasteiger partial charge in [-0.25, -0.2) is 4.79 Å². The van der Waals surface area contributed by atoms with Crippen LogP contribution in [0.3, 0.4) is 0 Å². The lowest BCUT2D eigenvalue weighted by Gasteiger charge is -2.38. The molecule has 0 aliphatic rings. The highest BCUT2D eigenvalue weighted by molar-refractivity contribution is 6.01. The van der Waals surface area contributed by atoms with Crippen molar-refractivity contribution in [3.8, 4) is 5.75 Å². The molecule has 0 heterocycles.